The van der Waals surface area contributed by atoms with E-state index in [4.69, 9.17) is 4.74 Å². The van der Waals surface area contributed by atoms with Crippen LogP contribution in [0.2, 0.25) is 0 Å². The highest BCUT2D eigenvalue weighted by atomic mass is 32.2. The first-order valence-electron chi connectivity index (χ1n) is 11.3. The van der Waals surface area contributed by atoms with Crippen LogP contribution < -0.4 is 0 Å². The van der Waals surface area contributed by atoms with E-state index in [0.717, 1.165) is 45.6 Å². The molecule has 0 aliphatic heterocycles. The van der Waals surface area contributed by atoms with Crippen LogP contribution in [0.5, 0.6) is 0 Å². The van der Waals surface area contributed by atoms with Crippen LogP contribution in [0.4, 0.5) is 4.39 Å². The topological polar surface area (TPSA) is 95.7 Å². The Kier molecular flexibility index (Phi) is 9.31. The normalized spacial score (nSPS) is 14.7. The van der Waals surface area contributed by atoms with E-state index in [1.807, 2.05) is 37.3 Å². The average molecular weight is 502 g/mol. The molecule has 7 nitrogen and oxygen atoms in total. The molecule has 0 saturated heterocycles. The van der Waals surface area contributed by atoms with Crippen molar-refractivity contribution in [3.63, 3.8) is 0 Å². The molecule has 35 heavy (non-hydrogen) atoms. The van der Waals surface area contributed by atoms with Gasteiger partial charge in [-0.1, -0.05) is 24.6 Å². The lowest BCUT2D eigenvalue weighted by Gasteiger charge is -2.08. The number of carbonyl (C=O) groups excluding carboxylic acids is 1. The lowest BCUT2D eigenvalue weighted by Crippen LogP contribution is -2.07. The highest BCUT2D eigenvalue weighted by Crippen LogP contribution is 2.44. The highest BCUT2D eigenvalue weighted by Gasteiger charge is 2.26. The quantitative estimate of drug-likeness (QED) is 0.163. The number of hydrogen-bond donors (Lipinski definition) is 0. The van der Waals surface area contributed by atoms with E-state index in [1.54, 1.807) is 12.3 Å². The number of nitrogens with zero attached hydrogens (tertiary/aromatic N) is 1. The fourth-order valence-electron chi connectivity index (χ4n) is 3.98. The predicted molar refractivity (Wildman–Crippen MR) is 133 cm³/mol. The number of ether oxygens (including phenoxy) is 1. The molecule has 2 aromatic carbocycles. The van der Waals surface area contributed by atoms with Crippen molar-refractivity contribution in [2.45, 2.75) is 43.9 Å². The van der Waals surface area contributed by atoms with Gasteiger partial charge in [-0.05, 0) is 89.9 Å². The van der Waals surface area contributed by atoms with Crippen molar-refractivity contribution in [2.75, 3.05) is 19.5 Å². The first-order valence-corrected chi connectivity index (χ1v) is 12.9. The van der Waals surface area contributed by atoms with Crippen molar-refractivity contribution in [1.29, 1.82) is 0 Å². The number of fused-ring (bicyclic) bond motifs is 1. The first kappa shape index (κ1) is 26.3. The number of unbranched alkanes of at least 4 members (excludes halogenated alkanes) is 3. The molecule has 0 N–H and O–H groups in total. The van der Waals surface area contributed by atoms with Gasteiger partial charge >= 0.3 is 5.97 Å². The van der Waals surface area contributed by atoms with Gasteiger partial charge in [-0.25, -0.2) is 4.39 Å². The average Bonchev–Trinajstić information content (AvgIpc) is 3.06. The summed E-state index contributed by atoms with van der Waals surface area (Å²) in [5, 5.41) is 9.30. The second kappa shape index (κ2) is 12.4. The van der Waals surface area contributed by atoms with Crippen LogP contribution in [0.25, 0.3) is 17.2 Å². The number of hydrogen-bond acceptors (Lipinski definition) is 6. The summed E-state index contributed by atoms with van der Waals surface area (Å²) in [7, 11) is -1.06. The Morgan fingerprint density at radius 3 is 2.40 bits per heavy atom. The minimum atomic E-state index is -1.06. The van der Waals surface area contributed by atoms with Gasteiger partial charge in [0.1, 0.15) is 5.82 Å². The highest BCUT2D eigenvalue weighted by molar-refractivity contribution is 7.84. The Bertz CT molecular complexity index is 1170. The van der Waals surface area contributed by atoms with Crippen LogP contribution in [0.3, 0.4) is 0 Å². The zero-order chi connectivity index (χ0) is 25.4. The summed E-state index contributed by atoms with van der Waals surface area (Å²) in [5.74, 6) is -0.762. The van der Waals surface area contributed by atoms with Gasteiger partial charge in [0.25, 0.3) is 5.09 Å². The molecule has 1 aliphatic rings. The lowest BCUT2D eigenvalue weighted by atomic mass is 10.0. The summed E-state index contributed by atoms with van der Waals surface area (Å²) in [6.07, 6.45) is 6.36. The summed E-state index contributed by atoms with van der Waals surface area (Å²) in [6.45, 7) is 2.23. The third-order valence-electron chi connectivity index (χ3n) is 5.80. The van der Waals surface area contributed by atoms with E-state index in [1.165, 1.54) is 12.1 Å². The zero-order valence-corrected chi connectivity index (χ0v) is 20.6. The molecule has 0 heterocycles. The second-order valence-corrected chi connectivity index (χ2v) is 9.62. The third-order valence-corrected chi connectivity index (χ3v) is 6.73. The molecule has 3 rings (SSSR count). The maximum absolute atomic E-state index is 14.1. The van der Waals surface area contributed by atoms with Gasteiger partial charge in [0.2, 0.25) is 0 Å². The molecule has 0 radical (unpaired) electrons. The molecule has 0 aromatic heterocycles. The van der Waals surface area contributed by atoms with Gasteiger partial charge in [-0.3, -0.25) is 9.00 Å². The molecule has 2 aromatic rings. The Labute approximate surface area is 206 Å². The molecule has 9 heteroatoms. The summed E-state index contributed by atoms with van der Waals surface area (Å²) in [6, 6.07) is 12.0. The van der Waals surface area contributed by atoms with Crippen LogP contribution in [0, 0.1) is 15.9 Å². The Hall–Kier alpha value is -3.33. The Morgan fingerprint density at radius 2 is 1.74 bits per heavy atom. The minimum Gasteiger partial charge on any atom is -0.465 e. The van der Waals surface area contributed by atoms with Crippen molar-refractivity contribution in [2.24, 2.45) is 0 Å². The molecule has 1 aliphatic carbocycles. The maximum atomic E-state index is 14.1. The number of rotatable bonds is 12. The largest absolute Gasteiger partial charge is 0.465 e. The monoisotopic (exact) mass is 501 g/mol. The van der Waals surface area contributed by atoms with Crippen molar-refractivity contribution in [3.8, 4) is 0 Å². The van der Waals surface area contributed by atoms with E-state index in [9.17, 15) is 23.5 Å². The first-order chi connectivity index (χ1) is 16.8. The number of carbonyl (C=O) groups is 1. The molecule has 0 bridgehead atoms. The minimum absolute atomic E-state index is 0.0318. The smallest absolute Gasteiger partial charge is 0.310 e. The fraction of sp³-hybridized carbons (Fsp3) is 0.346. The number of halogens is 1. The van der Waals surface area contributed by atoms with Gasteiger partial charge in [0.05, 0.1) is 19.6 Å². The van der Waals surface area contributed by atoms with Crippen LogP contribution >= 0.6 is 0 Å². The van der Waals surface area contributed by atoms with Gasteiger partial charge in [-0.2, -0.15) is 0 Å². The Balaban J connectivity index is 1.65. The van der Waals surface area contributed by atoms with E-state index in [2.05, 4.69) is 4.84 Å². The Morgan fingerprint density at radius 1 is 1.06 bits per heavy atom. The second-order valence-electron chi connectivity index (χ2n) is 8.24. The van der Waals surface area contributed by atoms with Crippen LogP contribution in [-0.2, 0) is 25.2 Å². The van der Waals surface area contributed by atoms with Crippen molar-refractivity contribution >= 4 is 34.0 Å². The number of allylic oxidation sites excluding steroid dienone is 2. The van der Waals surface area contributed by atoms with Gasteiger partial charge in [0.15, 0.2) is 0 Å². The van der Waals surface area contributed by atoms with Crippen molar-refractivity contribution in [3.05, 3.63) is 80.7 Å². The molecular weight excluding hydrogens is 473 g/mol. The van der Waals surface area contributed by atoms with E-state index >= 15 is 0 Å². The third kappa shape index (κ3) is 7.32. The van der Waals surface area contributed by atoms with E-state index in [0.29, 0.717) is 18.4 Å². The van der Waals surface area contributed by atoms with Crippen LogP contribution in [0.15, 0.2) is 52.9 Å². The van der Waals surface area contributed by atoms with Gasteiger partial charge in [0, 0.05) is 22.0 Å². The fourth-order valence-corrected chi connectivity index (χ4v) is 4.50. The number of benzene rings is 2. The SMILES string of the molecule is CC1=C(CC(=O)OCCCCCCO[N+](=O)[O-])c2cc(F)ccc2/C1=C\c1ccc(S(C)=O)cc1. The molecule has 0 fully saturated rings. The molecule has 1 unspecified atom stereocenters. The van der Waals surface area contributed by atoms with Gasteiger partial charge < -0.3 is 9.57 Å². The van der Waals surface area contributed by atoms with E-state index < -0.39 is 15.9 Å². The van der Waals surface area contributed by atoms with E-state index in [-0.39, 0.29) is 31.4 Å². The van der Waals surface area contributed by atoms with Crippen LogP contribution in [-0.4, -0.2) is 34.7 Å². The molecule has 0 amide bonds. The summed E-state index contributed by atoms with van der Waals surface area (Å²) in [5.41, 5.74) is 4.98. The predicted octanol–water partition coefficient (Wildman–Crippen LogP) is 5.59. The summed E-state index contributed by atoms with van der Waals surface area (Å²) in [4.78, 5) is 27.6. The molecule has 0 saturated carbocycles. The van der Waals surface area contributed by atoms with Crippen molar-refractivity contribution < 1.29 is 28.1 Å². The lowest BCUT2D eigenvalue weighted by molar-refractivity contribution is -0.757. The number of esters is 1. The summed E-state index contributed by atoms with van der Waals surface area (Å²) >= 11 is 0. The molecule has 186 valence electrons. The maximum Gasteiger partial charge on any atom is 0.310 e. The molecular formula is C26H28FNO6S. The molecule has 1 atom stereocenters. The summed E-state index contributed by atoms with van der Waals surface area (Å²) < 4.78 is 31.1. The van der Waals surface area contributed by atoms with Crippen molar-refractivity contribution in [1.82, 2.24) is 0 Å². The zero-order valence-electron chi connectivity index (χ0n) is 19.8. The van der Waals surface area contributed by atoms with Gasteiger partial charge in [-0.15, -0.1) is 10.1 Å². The van der Waals surface area contributed by atoms with Crippen LogP contribution in [0.1, 0.15) is 55.7 Å². The molecule has 0 spiro atoms. The standard InChI is InChI=1S/C26H28FNO6S/c1-18-23(15-19-7-10-21(11-8-19)35(2)32)22-12-9-20(27)16-25(22)24(18)17-26(29)33-13-5-3-4-6-14-34-28(30)31/h7-12,15-16H,3-6,13-14,17H2,1-2H3/b23-15-.